The van der Waals surface area contributed by atoms with Gasteiger partial charge in [0.25, 0.3) is 5.91 Å². The van der Waals surface area contributed by atoms with Crippen LogP contribution in [0.3, 0.4) is 0 Å². The van der Waals surface area contributed by atoms with E-state index < -0.39 is 11.7 Å². The third-order valence-corrected chi connectivity index (χ3v) is 6.69. The van der Waals surface area contributed by atoms with Crippen molar-refractivity contribution in [3.8, 4) is 6.08 Å². The fraction of sp³-hybridized carbons (Fsp3) is 0.400. The number of piperidine rings is 1. The minimum absolute atomic E-state index is 0.0909. The SMILES string of the molecule is COc1nc2c(C(=O)Nc3cc(F)c4nc(C)cn4c3)ccc(N3CCC(NC4CC4)CC3)c2o1. The molecule has 1 saturated carbocycles. The van der Waals surface area contributed by atoms with Crippen molar-refractivity contribution in [3.63, 3.8) is 0 Å². The number of hydrogen-bond donors (Lipinski definition) is 2. The number of aryl methyl sites for hydroxylation is 1. The average Bonchev–Trinajstić information content (AvgIpc) is 3.41. The summed E-state index contributed by atoms with van der Waals surface area (Å²) in [7, 11) is 1.48. The maximum absolute atomic E-state index is 14.5. The number of nitrogens with one attached hydrogen (secondary N) is 2. The van der Waals surface area contributed by atoms with E-state index in [9.17, 15) is 9.18 Å². The minimum Gasteiger partial charge on any atom is -0.453 e. The highest BCUT2D eigenvalue weighted by molar-refractivity contribution is 6.13. The number of halogens is 1. The zero-order valence-electron chi connectivity index (χ0n) is 19.7. The first kappa shape index (κ1) is 21.8. The van der Waals surface area contributed by atoms with Crippen LogP contribution in [0, 0.1) is 12.7 Å². The van der Waals surface area contributed by atoms with E-state index in [1.54, 1.807) is 29.8 Å². The summed E-state index contributed by atoms with van der Waals surface area (Å²) in [6.45, 7) is 3.56. The van der Waals surface area contributed by atoms with E-state index in [-0.39, 0.29) is 11.7 Å². The van der Waals surface area contributed by atoms with Crippen LogP contribution in [0.25, 0.3) is 16.7 Å². The Hall–Kier alpha value is -3.66. The largest absolute Gasteiger partial charge is 0.453 e. The first-order valence-corrected chi connectivity index (χ1v) is 11.9. The number of anilines is 2. The molecule has 2 aliphatic rings. The lowest BCUT2D eigenvalue weighted by atomic mass is 10.0. The van der Waals surface area contributed by atoms with Crippen LogP contribution in [0.1, 0.15) is 41.7 Å². The second kappa shape index (κ2) is 8.53. The number of benzene rings is 1. The summed E-state index contributed by atoms with van der Waals surface area (Å²) in [6, 6.07) is 6.12. The van der Waals surface area contributed by atoms with Gasteiger partial charge in [-0.3, -0.25) is 4.79 Å². The Bertz CT molecular complexity index is 1420. The third-order valence-electron chi connectivity index (χ3n) is 6.69. The van der Waals surface area contributed by atoms with Gasteiger partial charge in [-0.2, -0.15) is 4.98 Å². The van der Waals surface area contributed by atoms with Crippen molar-refractivity contribution in [3.05, 3.63) is 47.7 Å². The van der Waals surface area contributed by atoms with E-state index in [0.717, 1.165) is 31.6 Å². The van der Waals surface area contributed by atoms with Crippen molar-refractivity contribution >= 4 is 34.0 Å². The molecule has 2 N–H and O–H groups in total. The summed E-state index contributed by atoms with van der Waals surface area (Å²) >= 11 is 0. The van der Waals surface area contributed by atoms with Gasteiger partial charge in [0.1, 0.15) is 5.52 Å². The Morgan fingerprint density at radius 2 is 1.91 bits per heavy atom. The van der Waals surface area contributed by atoms with Crippen molar-refractivity contribution in [2.24, 2.45) is 0 Å². The fourth-order valence-corrected chi connectivity index (χ4v) is 4.81. The molecule has 6 rings (SSSR count). The van der Waals surface area contributed by atoms with Crippen molar-refractivity contribution < 1.29 is 18.3 Å². The van der Waals surface area contributed by atoms with Crippen LogP contribution >= 0.6 is 0 Å². The Kier molecular flexibility index (Phi) is 5.32. The molecule has 0 spiro atoms. The Morgan fingerprint density at radius 1 is 1.14 bits per heavy atom. The number of carbonyl (C=O) groups excluding carboxylic acids is 1. The zero-order chi connectivity index (χ0) is 24.1. The Morgan fingerprint density at radius 3 is 2.66 bits per heavy atom. The van der Waals surface area contributed by atoms with Gasteiger partial charge in [-0.25, -0.2) is 9.37 Å². The first-order valence-electron chi connectivity index (χ1n) is 11.9. The van der Waals surface area contributed by atoms with Gasteiger partial charge in [0.05, 0.1) is 29.7 Å². The van der Waals surface area contributed by atoms with E-state index in [0.29, 0.717) is 40.1 Å². The number of nitrogens with zero attached hydrogens (tertiary/aromatic N) is 4. The van der Waals surface area contributed by atoms with Crippen molar-refractivity contribution in [2.75, 3.05) is 30.4 Å². The lowest BCUT2D eigenvalue weighted by Gasteiger charge is -2.34. The molecule has 3 aromatic heterocycles. The van der Waals surface area contributed by atoms with E-state index >= 15 is 0 Å². The predicted octanol–water partition coefficient (Wildman–Crippen LogP) is 3.90. The molecule has 0 radical (unpaired) electrons. The molecule has 1 aromatic carbocycles. The first-order chi connectivity index (χ1) is 17.0. The number of rotatable bonds is 6. The van der Waals surface area contributed by atoms with Gasteiger partial charge in [-0.05, 0) is 44.7 Å². The number of carbonyl (C=O) groups is 1. The Balaban J connectivity index is 1.28. The molecule has 1 saturated heterocycles. The molecule has 9 nitrogen and oxygen atoms in total. The van der Waals surface area contributed by atoms with E-state index in [1.165, 1.54) is 26.0 Å². The predicted molar refractivity (Wildman–Crippen MR) is 130 cm³/mol. The molecule has 182 valence electrons. The van der Waals surface area contributed by atoms with E-state index in [2.05, 4.69) is 25.5 Å². The average molecular weight is 479 g/mol. The second-order valence-electron chi connectivity index (χ2n) is 9.34. The normalized spacial score (nSPS) is 16.8. The summed E-state index contributed by atoms with van der Waals surface area (Å²) in [5.41, 5.74) is 3.35. The second-order valence-corrected chi connectivity index (χ2v) is 9.34. The lowest BCUT2D eigenvalue weighted by molar-refractivity contribution is 0.102. The van der Waals surface area contributed by atoms with Crippen molar-refractivity contribution in [1.29, 1.82) is 0 Å². The van der Waals surface area contributed by atoms with Crippen LogP contribution in [-0.2, 0) is 0 Å². The molecule has 35 heavy (non-hydrogen) atoms. The number of imidazole rings is 1. The smallest absolute Gasteiger partial charge is 0.394 e. The molecule has 4 aromatic rings. The lowest BCUT2D eigenvalue weighted by Crippen LogP contribution is -2.43. The van der Waals surface area contributed by atoms with Gasteiger partial charge >= 0.3 is 6.08 Å². The number of ether oxygens (including phenoxy) is 1. The van der Waals surface area contributed by atoms with Crippen LogP contribution in [-0.4, -0.2) is 52.6 Å². The number of amides is 1. The number of fused-ring (bicyclic) bond motifs is 2. The number of pyridine rings is 1. The maximum atomic E-state index is 14.5. The highest BCUT2D eigenvalue weighted by Gasteiger charge is 2.29. The van der Waals surface area contributed by atoms with Crippen molar-refractivity contribution in [2.45, 2.75) is 44.7 Å². The molecule has 1 aliphatic carbocycles. The van der Waals surface area contributed by atoms with Gasteiger partial charge in [0.2, 0.25) is 0 Å². The van der Waals surface area contributed by atoms with Crippen LogP contribution in [0.15, 0.2) is 35.0 Å². The van der Waals surface area contributed by atoms with E-state index in [4.69, 9.17) is 9.15 Å². The van der Waals surface area contributed by atoms with Crippen LogP contribution in [0.5, 0.6) is 6.08 Å². The summed E-state index contributed by atoms with van der Waals surface area (Å²) in [4.78, 5) is 24.0. The van der Waals surface area contributed by atoms with Gasteiger partial charge in [-0.15, -0.1) is 0 Å². The molecular formula is C25H27FN6O3. The molecule has 10 heteroatoms. The van der Waals surface area contributed by atoms with Gasteiger partial charge in [-0.1, -0.05) is 0 Å². The number of methoxy groups -OCH3 is 1. The topological polar surface area (TPSA) is 96.9 Å². The van der Waals surface area contributed by atoms with Crippen LogP contribution < -0.4 is 20.3 Å². The molecule has 1 aliphatic heterocycles. The molecule has 1 amide bonds. The molecule has 0 bridgehead atoms. The summed E-state index contributed by atoms with van der Waals surface area (Å²) < 4.78 is 27.2. The van der Waals surface area contributed by atoms with E-state index in [1.807, 2.05) is 6.07 Å². The third kappa shape index (κ3) is 4.18. The standard InChI is InChI=1S/C25H27FN6O3/c1-14-12-32-13-17(11-19(26)23(32)27-14)29-24(33)18-5-6-20(22-21(18)30-25(34-2)35-22)31-9-7-16(8-10-31)28-15-3-4-15/h5-6,11-13,15-16,28H,3-4,7-10H2,1-2H3,(H,29,33). The van der Waals surface area contributed by atoms with Crippen LogP contribution in [0.2, 0.25) is 0 Å². The quantitative estimate of drug-likeness (QED) is 0.434. The monoisotopic (exact) mass is 478 g/mol. The number of aromatic nitrogens is 3. The Labute approximate surface area is 201 Å². The van der Waals surface area contributed by atoms with Crippen LogP contribution in [0.4, 0.5) is 15.8 Å². The number of oxazole rings is 1. The summed E-state index contributed by atoms with van der Waals surface area (Å²) in [5.74, 6) is -0.931. The molecule has 0 unspecified atom stereocenters. The maximum Gasteiger partial charge on any atom is 0.394 e. The number of hydrogen-bond acceptors (Lipinski definition) is 7. The summed E-state index contributed by atoms with van der Waals surface area (Å²) in [5, 5.41) is 6.49. The molecular weight excluding hydrogens is 451 g/mol. The molecule has 4 heterocycles. The highest BCUT2D eigenvalue weighted by Crippen LogP contribution is 2.35. The van der Waals surface area contributed by atoms with Gasteiger partial charge < -0.3 is 29.1 Å². The van der Waals surface area contributed by atoms with Gasteiger partial charge in [0, 0.05) is 43.6 Å². The molecule has 2 fully saturated rings. The minimum atomic E-state index is -0.515. The molecule has 0 atom stereocenters. The van der Waals surface area contributed by atoms with Gasteiger partial charge in [0.15, 0.2) is 17.0 Å². The fourth-order valence-electron chi connectivity index (χ4n) is 4.81. The zero-order valence-corrected chi connectivity index (χ0v) is 19.7. The van der Waals surface area contributed by atoms with Crippen molar-refractivity contribution in [1.82, 2.24) is 19.7 Å². The summed E-state index contributed by atoms with van der Waals surface area (Å²) in [6.07, 6.45) is 8.08. The highest BCUT2D eigenvalue weighted by atomic mass is 19.1.